The highest BCUT2D eigenvalue weighted by atomic mass is 79.9. The van der Waals surface area contributed by atoms with E-state index in [9.17, 15) is 13.2 Å². The van der Waals surface area contributed by atoms with Gasteiger partial charge in [-0.25, -0.2) is 9.67 Å². The zero-order chi connectivity index (χ0) is 21.2. The molecule has 0 N–H and O–H groups in total. The molecule has 3 rings (SSSR count). The van der Waals surface area contributed by atoms with E-state index in [1.165, 1.54) is 6.20 Å². The van der Waals surface area contributed by atoms with E-state index < -0.39 is 12.2 Å². The van der Waals surface area contributed by atoms with Crippen LogP contribution in [0.3, 0.4) is 0 Å². The average Bonchev–Trinajstić information content (AvgIpc) is 3.07. The first kappa shape index (κ1) is 21.3. The fourth-order valence-corrected chi connectivity index (χ4v) is 3.06. The van der Waals surface area contributed by atoms with Gasteiger partial charge in [0.25, 0.3) is 0 Å². The number of hydrogen-bond acceptors (Lipinski definition) is 4. The van der Waals surface area contributed by atoms with Gasteiger partial charge in [0.15, 0.2) is 5.82 Å². The summed E-state index contributed by atoms with van der Waals surface area (Å²) >= 11 is 3.30. The second-order valence-electron chi connectivity index (χ2n) is 6.75. The minimum absolute atomic E-state index is 0.182. The molecule has 9 heteroatoms. The predicted octanol–water partition coefficient (Wildman–Crippen LogP) is 5.46. The molecule has 1 aromatic carbocycles. The number of alkyl halides is 3. The molecule has 5 nitrogen and oxygen atoms in total. The molecule has 0 fully saturated rings. The Kier molecular flexibility index (Phi) is 6.26. The minimum atomic E-state index is -4.44. The first-order valence-electron chi connectivity index (χ1n) is 8.98. The first-order valence-corrected chi connectivity index (χ1v) is 9.77. The van der Waals surface area contributed by atoms with E-state index >= 15 is 0 Å². The SMILES string of the molecule is Cc1ccc(OCCc2nc(-c3cncc(Br)c3)nn2C(C)C(F)(F)F)cc1C. The molecule has 0 bridgehead atoms. The lowest BCUT2D eigenvalue weighted by Crippen LogP contribution is -2.26. The van der Waals surface area contributed by atoms with Gasteiger partial charge in [0.1, 0.15) is 17.6 Å². The lowest BCUT2D eigenvalue weighted by molar-refractivity contribution is -0.165. The number of ether oxygens (including phenoxy) is 1. The van der Waals surface area contributed by atoms with Crippen LogP contribution in [0.1, 0.15) is 29.9 Å². The lowest BCUT2D eigenvalue weighted by atomic mass is 10.1. The summed E-state index contributed by atoms with van der Waals surface area (Å²) < 4.78 is 47.3. The van der Waals surface area contributed by atoms with E-state index in [-0.39, 0.29) is 24.7 Å². The van der Waals surface area contributed by atoms with Crippen LogP contribution in [0, 0.1) is 13.8 Å². The molecule has 1 unspecified atom stereocenters. The molecule has 0 spiro atoms. The van der Waals surface area contributed by atoms with E-state index in [4.69, 9.17) is 4.74 Å². The number of benzene rings is 1. The van der Waals surface area contributed by atoms with Crippen molar-refractivity contribution in [2.45, 2.75) is 39.4 Å². The average molecular weight is 469 g/mol. The number of rotatable bonds is 6. The number of aromatic nitrogens is 4. The summed E-state index contributed by atoms with van der Waals surface area (Å²) in [5, 5.41) is 4.11. The molecule has 2 heterocycles. The van der Waals surface area contributed by atoms with Crippen LogP contribution in [0.5, 0.6) is 5.75 Å². The van der Waals surface area contributed by atoms with Crippen LogP contribution < -0.4 is 4.74 Å². The van der Waals surface area contributed by atoms with Gasteiger partial charge >= 0.3 is 6.18 Å². The smallest absolute Gasteiger partial charge is 0.410 e. The van der Waals surface area contributed by atoms with Crippen LogP contribution in [-0.2, 0) is 6.42 Å². The topological polar surface area (TPSA) is 52.8 Å². The van der Waals surface area contributed by atoms with Crippen molar-refractivity contribution in [3.8, 4) is 17.1 Å². The van der Waals surface area contributed by atoms with Gasteiger partial charge < -0.3 is 4.74 Å². The van der Waals surface area contributed by atoms with Gasteiger partial charge in [0.2, 0.25) is 0 Å². The van der Waals surface area contributed by atoms with E-state index in [2.05, 4.69) is 31.0 Å². The molecule has 154 valence electrons. The monoisotopic (exact) mass is 468 g/mol. The van der Waals surface area contributed by atoms with Gasteiger partial charge in [0.05, 0.1) is 6.61 Å². The Morgan fingerprint density at radius 1 is 1.14 bits per heavy atom. The molecular formula is C20H20BrF3N4O. The van der Waals surface area contributed by atoms with Crippen molar-refractivity contribution in [2.75, 3.05) is 6.61 Å². The molecule has 0 saturated heterocycles. The molecular weight excluding hydrogens is 449 g/mol. The number of hydrogen-bond donors (Lipinski definition) is 0. The Morgan fingerprint density at radius 2 is 1.90 bits per heavy atom. The van der Waals surface area contributed by atoms with Gasteiger partial charge in [-0.1, -0.05) is 6.07 Å². The van der Waals surface area contributed by atoms with Crippen molar-refractivity contribution >= 4 is 15.9 Å². The summed E-state index contributed by atoms with van der Waals surface area (Å²) in [5.41, 5.74) is 2.76. The van der Waals surface area contributed by atoms with E-state index in [1.807, 2.05) is 32.0 Å². The van der Waals surface area contributed by atoms with Gasteiger partial charge in [0, 0.05) is 28.9 Å². The molecule has 0 aliphatic rings. The Balaban J connectivity index is 1.84. The van der Waals surface area contributed by atoms with E-state index in [1.54, 1.807) is 12.3 Å². The molecule has 0 aliphatic carbocycles. The Labute approximate surface area is 175 Å². The zero-order valence-corrected chi connectivity index (χ0v) is 17.8. The maximum Gasteiger partial charge on any atom is 0.410 e. The summed E-state index contributed by atoms with van der Waals surface area (Å²) in [6, 6.07) is 5.58. The van der Waals surface area contributed by atoms with Crippen molar-refractivity contribution in [1.29, 1.82) is 0 Å². The van der Waals surface area contributed by atoms with Gasteiger partial charge in [-0.3, -0.25) is 4.98 Å². The van der Waals surface area contributed by atoms with Crippen molar-refractivity contribution in [1.82, 2.24) is 19.7 Å². The first-order chi connectivity index (χ1) is 13.6. The Bertz CT molecular complexity index is 1000. The fraction of sp³-hybridized carbons (Fsp3) is 0.350. The summed E-state index contributed by atoms with van der Waals surface area (Å²) in [5.74, 6) is 1.06. The fourth-order valence-electron chi connectivity index (χ4n) is 2.70. The lowest BCUT2D eigenvalue weighted by Gasteiger charge is -2.17. The minimum Gasteiger partial charge on any atom is -0.493 e. The Morgan fingerprint density at radius 3 is 2.55 bits per heavy atom. The van der Waals surface area contributed by atoms with E-state index in [0.29, 0.717) is 15.8 Å². The van der Waals surface area contributed by atoms with Gasteiger partial charge in [-0.05, 0) is 66.0 Å². The second kappa shape index (κ2) is 8.52. The maximum atomic E-state index is 13.3. The summed E-state index contributed by atoms with van der Waals surface area (Å²) in [7, 11) is 0. The molecule has 1 atom stereocenters. The van der Waals surface area contributed by atoms with Crippen LogP contribution in [0.2, 0.25) is 0 Å². The standard InChI is InChI=1S/C20H20BrF3N4O/c1-12-4-5-17(8-13(12)2)29-7-6-18-26-19(15-9-16(21)11-25-10-15)27-28(18)14(3)20(22,23)24/h4-5,8-11,14H,6-7H2,1-3H3. The quantitative estimate of drug-likeness (QED) is 0.481. The van der Waals surface area contributed by atoms with E-state index in [0.717, 1.165) is 22.7 Å². The van der Waals surface area contributed by atoms with Crippen LogP contribution in [0.4, 0.5) is 13.2 Å². The highest BCUT2D eigenvalue weighted by Crippen LogP contribution is 2.31. The van der Waals surface area contributed by atoms with Crippen LogP contribution in [0.25, 0.3) is 11.4 Å². The number of halogens is 4. The molecule has 3 aromatic rings. The summed E-state index contributed by atoms with van der Waals surface area (Å²) in [6.45, 7) is 5.22. The highest BCUT2D eigenvalue weighted by molar-refractivity contribution is 9.10. The van der Waals surface area contributed by atoms with Crippen molar-refractivity contribution in [2.24, 2.45) is 0 Å². The van der Waals surface area contributed by atoms with Crippen molar-refractivity contribution in [3.63, 3.8) is 0 Å². The van der Waals surface area contributed by atoms with Crippen LogP contribution in [0.15, 0.2) is 41.1 Å². The molecule has 0 amide bonds. The van der Waals surface area contributed by atoms with Gasteiger partial charge in [-0.15, -0.1) is 0 Å². The summed E-state index contributed by atoms with van der Waals surface area (Å²) in [6.07, 6.45) is -1.17. The predicted molar refractivity (Wildman–Crippen MR) is 107 cm³/mol. The molecule has 2 aromatic heterocycles. The number of nitrogens with zero attached hydrogens (tertiary/aromatic N) is 4. The molecule has 0 saturated carbocycles. The zero-order valence-electron chi connectivity index (χ0n) is 16.2. The van der Waals surface area contributed by atoms with Crippen LogP contribution in [-0.4, -0.2) is 32.5 Å². The van der Waals surface area contributed by atoms with Crippen molar-refractivity contribution in [3.05, 3.63) is 58.1 Å². The number of pyridine rings is 1. The Hall–Kier alpha value is -2.42. The second-order valence-corrected chi connectivity index (χ2v) is 7.67. The molecule has 29 heavy (non-hydrogen) atoms. The van der Waals surface area contributed by atoms with Crippen molar-refractivity contribution < 1.29 is 17.9 Å². The maximum absolute atomic E-state index is 13.3. The summed E-state index contributed by atoms with van der Waals surface area (Å²) in [4.78, 5) is 8.36. The normalized spacial score (nSPS) is 12.8. The van der Waals surface area contributed by atoms with Crippen LogP contribution >= 0.6 is 15.9 Å². The largest absolute Gasteiger partial charge is 0.493 e. The molecule has 0 aliphatic heterocycles. The molecule has 0 radical (unpaired) electrons. The highest BCUT2D eigenvalue weighted by Gasteiger charge is 2.39. The third-order valence-electron chi connectivity index (χ3n) is 4.58. The third kappa shape index (κ3) is 5.14. The number of aryl methyl sites for hydroxylation is 2. The third-order valence-corrected chi connectivity index (χ3v) is 5.01. The van der Waals surface area contributed by atoms with Gasteiger partial charge in [-0.2, -0.15) is 18.3 Å².